The second kappa shape index (κ2) is 4.80. The van der Waals surface area contributed by atoms with E-state index in [1.807, 2.05) is 12.4 Å². The number of thioether (sulfide) groups is 1. The predicted octanol–water partition coefficient (Wildman–Crippen LogP) is 2.36. The molecule has 1 aromatic heterocycles. The molecule has 1 aromatic rings. The molecule has 1 aliphatic heterocycles. The predicted molar refractivity (Wildman–Crippen MR) is 69.7 cm³/mol. The number of imidazole rings is 1. The van der Waals surface area contributed by atoms with E-state index in [-0.39, 0.29) is 0 Å². The summed E-state index contributed by atoms with van der Waals surface area (Å²) in [6, 6.07) is 0.366. The highest BCUT2D eigenvalue weighted by molar-refractivity contribution is 8.00. The first kappa shape index (κ1) is 12.0. The van der Waals surface area contributed by atoms with Crippen LogP contribution in [0.25, 0.3) is 0 Å². The van der Waals surface area contributed by atoms with Gasteiger partial charge in [0.05, 0.1) is 6.04 Å². The molecule has 90 valence electrons. The van der Waals surface area contributed by atoms with Crippen LogP contribution in [-0.4, -0.2) is 26.6 Å². The number of nitrogens with one attached hydrogen (secondary N) is 1. The van der Waals surface area contributed by atoms with Crippen LogP contribution in [0.15, 0.2) is 12.4 Å². The lowest BCUT2D eigenvalue weighted by Crippen LogP contribution is -2.39. The zero-order valence-corrected chi connectivity index (χ0v) is 11.2. The molecule has 0 spiro atoms. The lowest BCUT2D eigenvalue weighted by Gasteiger charge is -2.33. The number of aromatic nitrogens is 2. The van der Waals surface area contributed by atoms with Gasteiger partial charge in [-0.2, -0.15) is 11.8 Å². The van der Waals surface area contributed by atoms with Gasteiger partial charge in [-0.3, -0.25) is 0 Å². The molecule has 2 heterocycles. The minimum absolute atomic E-state index is 0.301. The zero-order chi connectivity index (χ0) is 11.6. The normalized spacial score (nSPS) is 27.2. The van der Waals surface area contributed by atoms with Gasteiger partial charge < -0.3 is 9.88 Å². The fraction of sp³-hybridized carbons (Fsp3) is 0.750. The van der Waals surface area contributed by atoms with Crippen LogP contribution in [0, 0.1) is 0 Å². The fourth-order valence-corrected chi connectivity index (χ4v) is 3.87. The largest absolute Gasteiger partial charge is 0.337 e. The van der Waals surface area contributed by atoms with E-state index in [9.17, 15) is 0 Å². The third-order valence-electron chi connectivity index (χ3n) is 3.38. The lowest BCUT2D eigenvalue weighted by molar-refractivity contribution is 0.396. The molecule has 0 saturated carbocycles. The third-order valence-corrected chi connectivity index (χ3v) is 4.98. The summed E-state index contributed by atoms with van der Waals surface area (Å²) in [5, 5.41) is 3.60. The highest BCUT2D eigenvalue weighted by Gasteiger charge is 2.40. The summed E-state index contributed by atoms with van der Waals surface area (Å²) in [5.74, 6) is 2.45. The molecule has 2 atom stereocenters. The lowest BCUT2D eigenvalue weighted by atomic mass is 9.95. The van der Waals surface area contributed by atoms with Gasteiger partial charge >= 0.3 is 0 Å². The number of aryl methyl sites for hydroxylation is 1. The van der Waals surface area contributed by atoms with Gasteiger partial charge in [0.25, 0.3) is 0 Å². The highest BCUT2D eigenvalue weighted by atomic mass is 32.2. The second-order valence-corrected chi connectivity index (χ2v) is 6.28. The monoisotopic (exact) mass is 239 g/mol. The van der Waals surface area contributed by atoms with Gasteiger partial charge in [-0.25, -0.2) is 4.98 Å². The number of rotatable bonds is 4. The van der Waals surface area contributed by atoms with Crippen LogP contribution in [0.1, 0.15) is 38.6 Å². The van der Waals surface area contributed by atoms with Crippen molar-refractivity contribution in [2.75, 3.05) is 12.3 Å². The molecule has 0 amide bonds. The number of nitrogens with zero attached hydrogens (tertiary/aromatic N) is 2. The standard InChI is InChI=1S/C12H21N3S/c1-4-13-10(11-14-7-8-15(11)3)12(2)6-5-9-16-12/h7-8,10,13H,4-6,9H2,1-3H3. The van der Waals surface area contributed by atoms with Gasteiger partial charge in [0.2, 0.25) is 0 Å². The van der Waals surface area contributed by atoms with Crippen molar-refractivity contribution in [2.24, 2.45) is 7.05 Å². The molecule has 2 unspecified atom stereocenters. The molecule has 1 fully saturated rings. The number of hydrogen-bond acceptors (Lipinski definition) is 3. The van der Waals surface area contributed by atoms with Gasteiger partial charge in [0.1, 0.15) is 5.82 Å². The van der Waals surface area contributed by atoms with Crippen molar-refractivity contribution in [3.8, 4) is 0 Å². The smallest absolute Gasteiger partial charge is 0.127 e. The molecule has 3 nitrogen and oxygen atoms in total. The molecule has 16 heavy (non-hydrogen) atoms. The molecular weight excluding hydrogens is 218 g/mol. The Hall–Kier alpha value is -0.480. The molecule has 1 saturated heterocycles. The van der Waals surface area contributed by atoms with E-state index in [2.05, 4.69) is 47.5 Å². The summed E-state index contributed by atoms with van der Waals surface area (Å²) in [6.07, 6.45) is 6.53. The van der Waals surface area contributed by atoms with Crippen molar-refractivity contribution in [1.29, 1.82) is 0 Å². The Bertz CT molecular complexity index is 342. The Morgan fingerprint density at radius 3 is 3.00 bits per heavy atom. The van der Waals surface area contributed by atoms with Gasteiger partial charge in [-0.15, -0.1) is 0 Å². The van der Waals surface area contributed by atoms with Crippen molar-refractivity contribution >= 4 is 11.8 Å². The average molecular weight is 239 g/mol. The van der Waals surface area contributed by atoms with Gasteiger partial charge in [-0.05, 0) is 32.1 Å². The van der Waals surface area contributed by atoms with E-state index < -0.39 is 0 Å². The van der Waals surface area contributed by atoms with Gasteiger partial charge in [-0.1, -0.05) is 6.92 Å². The topological polar surface area (TPSA) is 29.9 Å². The Balaban J connectivity index is 2.26. The van der Waals surface area contributed by atoms with Crippen LogP contribution >= 0.6 is 11.8 Å². The van der Waals surface area contributed by atoms with Crippen LogP contribution in [0.2, 0.25) is 0 Å². The first-order valence-electron chi connectivity index (χ1n) is 6.02. The van der Waals surface area contributed by atoms with E-state index in [0.29, 0.717) is 10.8 Å². The van der Waals surface area contributed by atoms with E-state index in [1.165, 1.54) is 24.4 Å². The molecular formula is C12H21N3S. The molecule has 1 aliphatic rings. The quantitative estimate of drug-likeness (QED) is 0.875. The van der Waals surface area contributed by atoms with E-state index >= 15 is 0 Å². The fourth-order valence-electron chi connectivity index (χ4n) is 2.47. The summed E-state index contributed by atoms with van der Waals surface area (Å²) in [6.45, 7) is 5.53. The van der Waals surface area contributed by atoms with Crippen LogP contribution in [0.3, 0.4) is 0 Å². The number of hydrogen-bond donors (Lipinski definition) is 1. The minimum atomic E-state index is 0.301. The molecule has 0 radical (unpaired) electrons. The van der Waals surface area contributed by atoms with Crippen molar-refractivity contribution < 1.29 is 0 Å². The summed E-state index contributed by atoms with van der Waals surface area (Å²) in [7, 11) is 2.08. The summed E-state index contributed by atoms with van der Waals surface area (Å²) in [4.78, 5) is 4.51. The maximum atomic E-state index is 4.51. The molecule has 0 aromatic carbocycles. The van der Waals surface area contributed by atoms with Crippen LogP contribution in [0.4, 0.5) is 0 Å². The Kier molecular flexibility index (Phi) is 3.60. The highest BCUT2D eigenvalue weighted by Crippen LogP contribution is 2.46. The van der Waals surface area contributed by atoms with Crippen LogP contribution < -0.4 is 5.32 Å². The van der Waals surface area contributed by atoms with Crippen LogP contribution in [0.5, 0.6) is 0 Å². The van der Waals surface area contributed by atoms with E-state index in [0.717, 1.165) is 6.54 Å². The van der Waals surface area contributed by atoms with Crippen molar-refractivity contribution in [3.63, 3.8) is 0 Å². The summed E-state index contributed by atoms with van der Waals surface area (Å²) >= 11 is 2.08. The maximum Gasteiger partial charge on any atom is 0.127 e. The van der Waals surface area contributed by atoms with Crippen molar-refractivity contribution in [2.45, 2.75) is 37.5 Å². The molecule has 4 heteroatoms. The first-order chi connectivity index (χ1) is 7.67. The minimum Gasteiger partial charge on any atom is -0.337 e. The maximum absolute atomic E-state index is 4.51. The van der Waals surface area contributed by atoms with Gasteiger partial charge in [0.15, 0.2) is 0 Å². The summed E-state index contributed by atoms with van der Waals surface area (Å²) in [5.41, 5.74) is 0. The van der Waals surface area contributed by atoms with Crippen LogP contribution in [-0.2, 0) is 7.05 Å². The molecule has 2 rings (SSSR count). The SMILES string of the molecule is CCNC(c1nccn1C)C1(C)CCCS1. The molecule has 1 N–H and O–H groups in total. The van der Waals surface area contributed by atoms with Crippen molar-refractivity contribution in [3.05, 3.63) is 18.2 Å². The molecule has 0 aliphatic carbocycles. The van der Waals surface area contributed by atoms with Crippen molar-refractivity contribution in [1.82, 2.24) is 14.9 Å². The van der Waals surface area contributed by atoms with Gasteiger partial charge in [0, 0.05) is 24.2 Å². The summed E-state index contributed by atoms with van der Waals surface area (Å²) < 4.78 is 2.44. The first-order valence-corrected chi connectivity index (χ1v) is 7.00. The second-order valence-electron chi connectivity index (χ2n) is 4.65. The Labute approximate surface area is 102 Å². The van der Waals surface area contributed by atoms with E-state index in [1.54, 1.807) is 0 Å². The van der Waals surface area contributed by atoms with E-state index in [4.69, 9.17) is 0 Å². The Morgan fingerprint density at radius 2 is 2.50 bits per heavy atom. The third kappa shape index (κ3) is 2.13. The average Bonchev–Trinajstić information content (AvgIpc) is 2.85. The zero-order valence-electron chi connectivity index (χ0n) is 10.4. The molecule has 0 bridgehead atoms. The Morgan fingerprint density at radius 1 is 1.69 bits per heavy atom.